The first-order valence-electron chi connectivity index (χ1n) is 15.0. The number of aromatic nitrogens is 1. The molecule has 0 saturated carbocycles. The summed E-state index contributed by atoms with van der Waals surface area (Å²) in [5.74, 6) is 0. The molecule has 46 heavy (non-hydrogen) atoms. The summed E-state index contributed by atoms with van der Waals surface area (Å²) in [6, 6.07) is 23.6. The lowest BCUT2D eigenvalue weighted by Gasteiger charge is -2.39. The van der Waals surface area contributed by atoms with Crippen molar-refractivity contribution in [1.82, 2.24) is 15.2 Å². The summed E-state index contributed by atoms with van der Waals surface area (Å²) in [5, 5.41) is 12.3. The summed E-state index contributed by atoms with van der Waals surface area (Å²) in [7, 11) is 0. The number of amides is 2. The van der Waals surface area contributed by atoms with Crippen molar-refractivity contribution in [2.45, 2.75) is 31.0 Å². The minimum Gasteiger partial charge on any atom is -0.334 e. The fourth-order valence-corrected chi connectivity index (χ4v) is 6.63. The van der Waals surface area contributed by atoms with Crippen molar-refractivity contribution in [3.05, 3.63) is 124 Å². The second kappa shape index (κ2) is 13.0. The number of urea groups is 1. The number of carbonyl (C=O) groups excluding carboxylic acids is 1. The van der Waals surface area contributed by atoms with Crippen molar-refractivity contribution in [1.29, 1.82) is 5.26 Å². The van der Waals surface area contributed by atoms with Crippen LogP contribution in [0.25, 0.3) is 17.2 Å². The number of pyridine rings is 1. The SMILES string of the molecule is N#Cc1ccc(C=CCN2CCC3(CC2)CN(C(=O)NCc2ccnc(Cl)c2)c2cc(-c4ccccc4C(F)(F)F)ccc23)cc1. The van der Waals surface area contributed by atoms with Crippen LogP contribution in [0.15, 0.2) is 91.1 Å². The molecule has 0 unspecified atom stereocenters. The first-order valence-corrected chi connectivity index (χ1v) is 15.4. The van der Waals surface area contributed by atoms with E-state index in [0.29, 0.717) is 28.5 Å². The topological polar surface area (TPSA) is 72.3 Å². The molecule has 2 aliphatic heterocycles. The van der Waals surface area contributed by atoms with Crippen LogP contribution >= 0.6 is 11.6 Å². The van der Waals surface area contributed by atoms with E-state index in [-0.39, 0.29) is 23.6 Å². The quantitative estimate of drug-likeness (QED) is 0.216. The number of hydrogen-bond donors (Lipinski definition) is 1. The summed E-state index contributed by atoms with van der Waals surface area (Å²) >= 11 is 6.02. The molecule has 1 saturated heterocycles. The number of halogens is 4. The Bertz CT molecular complexity index is 1810. The number of hydrogen-bond acceptors (Lipinski definition) is 4. The Morgan fingerprint density at radius 2 is 1.80 bits per heavy atom. The van der Waals surface area contributed by atoms with Crippen molar-refractivity contribution < 1.29 is 18.0 Å². The number of nitrogens with zero attached hydrogens (tertiary/aromatic N) is 4. The predicted octanol–water partition coefficient (Wildman–Crippen LogP) is 8.07. The molecular weight excluding hydrogens is 611 g/mol. The normalized spacial score (nSPS) is 16.0. The zero-order valence-electron chi connectivity index (χ0n) is 24.9. The molecule has 1 fully saturated rings. The van der Waals surface area contributed by atoms with Gasteiger partial charge in [-0.3, -0.25) is 9.80 Å². The number of alkyl halides is 3. The van der Waals surface area contributed by atoms with Gasteiger partial charge in [0.1, 0.15) is 5.15 Å². The van der Waals surface area contributed by atoms with Gasteiger partial charge < -0.3 is 5.32 Å². The lowest BCUT2D eigenvalue weighted by Crippen LogP contribution is -2.47. The maximum absolute atomic E-state index is 13.9. The van der Waals surface area contributed by atoms with Gasteiger partial charge in [-0.25, -0.2) is 9.78 Å². The van der Waals surface area contributed by atoms with E-state index < -0.39 is 11.7 Å². The molecule has 0 atom stereocenters. The van der Waals surface area contributed by atoms with Crippen LogP contribution in [0, 0.1) is 11.3 Å². The van der Waals surface area contributed by atoms with Crippen LogP contribution in [0.4, 0.5) is 23.7 Å². The summed E-state index contributed by atoms with van der Waals surface area (Å²) in [6.45, 7) is 3.04. The number of anilines is 1. The second-order valence-electron chi connectivity index (χ2n) is 11.7. The zero-order chi connectivity index (χ0) is 32.3. The fourth-order valence-electron chi connectivity index (χ4n) is 6.43. The Morgan fingerprint density at radius 1 is 1.04 bits per heavy atom. The average molecular weight is 642 g/mol. The highest BCUT2D eigenvalue weighted by Crippen LogP contribution is 2.49. The zero-order valence-corrected chi connectivity index (χ0v) is 25.7. The minimum atomic E-state index is -4.51. The van der Waals surface area contributed by atoms with E-state index >= 15 is 0 Å². The van der Waals surface area contributed by atoms with Crippen molar-refractivity contribution in [2.75, 3.05) is 31.1 Å². The summed E-state index contributed by atoms with van der Waals surface area (Å²) in [6.07, 6.45) is 2.80. The molecule has 1 N–H and O–H groups in total. The van der Waals surface area contributed by atoms with E-state index in [4.69, 9.17) is 16.9 Å². The van der Waals surface area contributed by atoms with Gasteiger partial charge in [-0.15, -0.1) is 0 Å². The molecule has 0 radical (unpaired) electrons. The molecule has 2 amide bonds. The van der Waals surface area contributed by atoms with E-state index in [0.717, 1.165) is 55.2 Å². The van der Waals surface area contributed by atoms with E-state index in [1.54, 1.807) is 53.6 Å². The molecule has 3 aromatic carbocycles. The number of rotatable bonds is 6. The Morgan fingerprint density at radius 3 is 2.52 bits per heavy atom. The maximum Gasteiger partial charge on any atom is 0.417 e. The molecular formula is C36H31ClF3N5O. The first kappa shape index (κ1) is 31.3. The minimum absolute atomic E-state index is 0.0782. The maximum atomic E-state index is 13.9. The highest BCUT2D eigenvalue weighted by molar-refractivity contribution is 6.29. The Kier molecular flexibility index (Phi) is 8.85. The Labute approximate surface area is 270 Å². The summed E-state index contributed by atoms with van der Waals surface area (Å²) in [4.78, 5) is 21.7. The van der Waals surface area contributed by atoms with Gasteiger partial charge in [0.05, 0.1) is 17.2 Å². The van der Waals surface area contributed by atoms with Gasteiger partial charge in [0, 0.05) is 36.9 Å². The third kappa shape index (κ3) is 6.64. The molecule has 6 rings (SSSR count). The first-order chi connectivity index (χ1) is 22.1. The number of fused-ring (bicyclic) bond motifs is 2. The number of nitriles is 1. The van der Waals surface area contributed by atoms with Gasteiger partial charge in [-0.05, 0) is 90.1 Å². The van der Waals surface area contributed by atoms with E-state index in [1.807, 2.05) is 24.3 Å². The third-order valence-corrected chi connectivity index (χ3v) is 9.08. The van der Waals surface area contributed by atoms with Crippen LogP contribution in [0.3, 0.4) is 0 Å². The molecule has 4 aromatic rings. The highest BCUT2D eigenvalue weighted by atomic mass is 35.5. The monoisotopic (exact) mass is 641 g/mol. The standard InChI is InChI=1S/C36H31ClF3N5O/c37-33-20-27(13-16-42-33)23-43-34(46)45-24-35(14-18-44(19-15-35)17-3-4-25-7-9-26(22-41)10-8-25)31-12-11-28(21-32(31)45)29-5-1-2-6-30(29)36(38,39)40/h1-13,16,20-21H,14-15,17-19,23-24H2,(H,43,46). The Hall–Kier alpha value is -4.65. The van der Waals surface area contributed by atoms with Crippen molar-refractivity contribution in [3.8, 4) is 17.2 Å². The number of piperidine rings is 1. The third-order valence-electron chi connectivity index (χ3n) is 8.87. The van der Waals surface area contributed by atoms with Crippen molar-refractivity contribution in [3.63, 3.8) is 0 Å². The highest BCUT2D eigenvalue weighted by Gasteiger charge is 2.46. The average Bonchev–Trinajstić information content (AvgIpc) is 3.37. The van der Waals surface area contributed by atoms with E-state index in [9.17, 15) is 18.0 Å². The van der Waals surface area contributed by atoms with Gasteiger partial charge in [-0.1, -0.05) is 66.2 Å². The Balaban J connectivity index is 1.24. The molecule has 10 heteroatoms. The lowest BCUT2D eigenvalue weighted by atomic mass is 9.74. The van der Waals surface area contributed by atoms with Gasteiger partial charge in [0.15, 0.2) is 0 Å². The van der Waals surface area contributed by atoms with Gasteiger partial charge in [0.2, 0.25) is 0 Å². The summed E-state index contributed by atoms with van der Waals surface area (Å²) < 4.78 is 41.8. The molecule has 6 nitrogen and oxygen atoms in total. The molecule has 234 valence electrons. The largest absolute Gasteiger partial charge is 0.417 e. The van der Waals surface area contributed by atoms with Crippen molar-refractivity contribution >= 4 is 29.4 Å². The number of benzene rings is 3. The number of carbonyl (C=O) groups is 1. The van der Waals surface area contributed by atoms with Crippen LogP contribution < -0.4 is 10.2 Å². The lowest BCUT2D eigenvalue weighted by molar-refractivity contribution is -0.137. The smallest absolute Gasteiger partial charge is 0.334 e. The van der Waals surface area contributed by atoms with E-state index in [1.165, 1.54) is 12.1 Å². The molecule has 0 aliphatic carbocycles. The van der Waals surface area contributed by atoms with Crippen LogP contribution in [-0.2, 0) is 18.1 Å². The fraction of sp³-hybridized carbons (Fsp3) is 0.250. The summed E-state index contributed by atoms with van der Waals surface area (Å²) in [5.41, 5.74) is 3.51. The van der Waals surface area contributed by atoms with Crippen LogP contribution in [-0.4, -0.2) is 42.1 Å². The molecule has 1 spiro atoms. The number of nitrogens with one attached hydrogen (secondary N) is 1. The van der Waals surface area contributed by atoms with Crippen LogP contribution in [0.2, 0.25) is 5.15 Å². The van der Waals surface area contributed by atoms with Crippen LogP contribution in [0.5, 0.6) is 0 Å². The predicted molar refractivity (Wildman–Crippen MR) is 173 cm³/mol. The molecule has 2 aliphatic rings. The van der Waals surface area contributed by atoms with Crippen LogP contribution in [0.1, 0.15) is 40.7 Å². The van der Waals surface area contributed by atoms with Gasteiger partial charge in [-0.2, -0.15) is 18.4 Å². The van der Waals surface area contributed by atoms with E-state index in [2.05, 4.69) is 27.3 Å². The van der Waals surface area contributed by atoms with Crippen molar-refractivity contribution in [2.24, 2.45) is 0 Å². The van der Waals surface area contributed by atoms with Gasteiger partial charge in [0.25, 0.3) is 0 Å². The second-order valence-corrected chi connectivity index (χ2v) is 12.1. The molecule has 3 heterocycles. The van der Waals surface area contributed by atoms with Gasteiger partial charge >= 0.3 is 12.2 Å². The number of likely N-dealkylation sites (tertiary alicyclic amines) is 1. The molecule has 1 aromatic heterocycles. The molecule has 0 bridgehead atoms.